The molecule has 5 nitrogen and oxygen atoms in total. The Morgan fingerprint density at radius 1 is 1.30 bits per heavy atom. The van der Waals surface area contributed by atoms with Crippen LogP contribution in [0.4, 0.5) is 4.79 Å². The highest BCUT2D eigenvalue weighted by atomic mass is 16.6. The van der Waals surface area contributed by atoms with Crippen molar-refractivity contribution in [2.24, 2.45) is 5.41 Å². The third kappa shape index (κ3) is 5.96. The second-order valence-electron chi connectivity index (χ2n) is 8.75. The Bertz CT molecular complexity index is 394. The summed E-state index contributed by atoms with van der Waals surface area (Å²) in [6.45, 7) is 13.0. The zero-order valence-corrected chi connectivity index (χ0v) is 15.5. The standard InChI is InChI=1S/C18H34N2O3/c1-17(2,3)23-16(21)20-10-11-22-13-15(20)12-19-14-6-8-18(4,5)9-7-14/h14-15,19H,6-13H2,1-5H3. The molecule has 1 aliphatic carbocycles. The van der Waals surface area contributed by atoms with Crippen LogP contribution < -0.4 is 5.32 Å². The average molecular weight is 326 g/mol. The number of hydrogen-bond donors (Lipinski definition) is 1. The minimum absolute atomic E-state index is 0.0635. The third-order valence-corrected chi connectivity index (χ3v) is 4.84. The monoisotopic (exact) mass is 326 g/mol. The summed E-state index contributed by atoms with van der Waals surface area (Å²) < 4.78 is 11.1. The van der Waals surface area contributed by atoms with Crippen molar-refractivity contribution in [2.75, 3.05) is 26.3 Å². The van der Waals surface area contributed by atoms with Crippen LogP contribution in [-0.4, -0.2) is 55.0 Å². The van der Waals surface area contributed by atoms with Crippen LogP contribution in [0.5, 0.6) is 0 Å². The molecule has 1 amide bonds. The van der Waals surface area contributed by atoms with Gasteiger partial charge in [0.1, 0.15) is 5.60 Å². The molecule has 1 unspecified atom stereocenters. The van der Waals surface area contributed by atoms with E-state index in [4.69, 9.17) is 9.47 Å². The summed E-state index contributed by atoms with van der Waals surface area (Å²) in [6.07, 6.45) is 4.74. The van der Waals surface area contributed by atoms with Crippen LogP contribution >= 0.6 is 0 Å². The van der Waals surface area contributed by atoms with Gasteiger partial charge in [-0.25, -0.2) is 4.79 Å². The number of hydrogen-bond acceptors (Lipinski definition) is 4. The predicted octanol–water partition coefficient (Wildman–Crippen LogP) is 3.18. The van der Waals surface area contributed by atoms with E-state index in [1.807, 2.05) is 25.7 Å². The van der Waals surface area contributed by atoms with Crippen LogP contribution in [0.1, 0.15) is 60.3 Å². The van der Waals surface area contributed by atoms with Gasteiger partial charge in [0.05, 0.1) is 19.3 Å². The number of nitrogens with zero attached hydrogens (tertiary/aromatic N) is 1. The van der Waals surface area contributed by atoms with Crippen LogP contribution in [0, 0.1) is 5.41 Å². The molecule has 2 aliphatic rings. The van der Waals surface area contributed by atoms with Crippen LogP contribution in [0.3, 0.4) is 0 Å². The molecule has 1 saturated carbocycles. The molecule has 23 heavy (non-hydrogen) atoms. The van der Waals surface area contributed by atoms with E-state index >= 15 is 0 Å². The summed E-state index contributed by atoms with van der Waals surface area (Å²) in [4.78, 5) is 14.2. The molecule has 1 atom stereocenters. The van der Waals surface area contributed by atoms with Crippen molar-refractivity contribution in [3.05, 3.63) is 0 Å². The quantitative estimate of drug-likeness (QED) is 0.865. The second-order valence-corrected chi connectivity index (χ2v) is 8.75. The largest absolute Gasteiger partial charge is 0.444 e. The lowest BCUT2D eigenvalue weighted by Crippen LogP contribution is -2.55. The molecule has 0 aromatic heterocycles. The van der Waals surface area contributed by atoms with Gasteiger partial charge in [-0.3, -0.25) is 4.90 Å². The van der Waals surface area contributed by atoms with E-state index in [1.54, 1.807) is 0 Å². The highest BCUT2D eigenvalue weighted by Gasteiger charge is 2.32. The van der Waals surface area contributed by atoms with Gasteiger partial charge in [0.25, 0.3) is 0 Å². The van der Waals surface area contributed by atoms with E-state index in [0.717, 1.165) is 6.54 Å². The molecule has 2 fully saturated rings. The lowest BCUT2D eigenvalue weighted by atomic mass is 9.75. The van der Waals surface area contributed by atoms with Crippen molar-refractivity contribution in [3.8, 4) is 0 Å². The Labute approximate surface area is 141 Å². The normalized spacial score (nSPS) is 26.1. The average Bonchev–Trinajstić information content (AvgIpc) is 2.44. The summed E-state index contributed by atoms with van der Waals surface area (Å²) in [5.74, 6) is 0. The number of amides is 1. The summed E-state index contributed by atoms with van der Waals surface area (Å²) in [5, 5.41) is 3.65. The lowest BCUT2D eigenvalue weighted by molar-refractivity contribution is -0.0325. The first-order chi connectivity index (χ1) is 10.7. The van der Waals surface area contributed by atoms with E-state index in [9.17, 15) is 4.79 Å². The minimum atomic E-state index is -0.456. The summed E-state index contributed by atoms with van der Waals surface area (Å²) in [5.41, 5.74) is 0.0248. The van der Waals surface area contributed by atoms with Crippen molar-refractivity contribution < 1.29 is 14.3 Å². The fourth-order valence-electron chi connectivity index (χ4n) is 3.29. The van der Waals surface area contributed by atoms with E-state index in [0.29, 0.717) is 31.2 Å². The molecular weight excluding hydrogens is 292 g/mol. The Morgan fingerprint density at radius 2 is 1.96 bits per heavy atom. The molecule has 0 spiro atoms. The molecule has 2 rings (SSSR count). The number of rotatable bonds is 3. The van der Waals surface area contributed by atoms with Crippen LogP contribution in [0.2, 0.25) is 0 Å². The molecule has 134 valence electrons. The Balaban J connectivity index is 1.83. The number of nitrogens with one attached hydrogen (secondary N) is 1. The second kappa shape index (κ2) is 7.39. The van der Waals surface area contributed by atoms with Gasteiger partial charge in [-0.2, -0.15) is 0 Å². The third-order valence-electron chi connectivity index (χ3n) is 4.84. The van der Waals surface area contributed by atoms with Gasteiger partial charge in [0.15, 0.2) is 0 Å². The lowest BCUT2D eigenvalue weighted by Gasteiger charge is -2.39. The van der Waals surface area contributed by atoms with Crippen molar-refractivity contribution in [1.29, 1.82) is 0 Å². The first-order valence-corrected chi connectivity index (χ1v) is 8.97. The Kier molecular flexibility index (Phi) is 5.95. The van der Waals surface area contributed by atoms with E-state index in [-0.39, 0.29) is 12.1 Å². The maximum atomic E-state index is 12.4. The maximum absolute atomic E-state index is 12.4. The van der Waals surface area contributed by atoms with Crippen LogP contribution in [0.25, 0.3) is 0 Å². The number of morpholine rings is 1. The number of carbonyl (C=O) groups is 1. The fraction of sp³-hybridized carbons (Fsp3) is 0.944. The molecule has 0 aromatic carbocycles. The van der Waals surface area contributed by atoms with E-state index < -0.39 is 5.60 Å². The van der Waals surface area contributed by atoms with Gasteiger partial charge in [-0.1, -0.05) is 13.8 Å². The van der Waals surface area contributed by atoms with Crippen molar-refractivity contribution in [1.82, 2.24) is 10.2 Å². The highest BCUT2D eigenvalue weighted by molar-refractivity contribution is 5.68. The molecule has 1 heterocycles. The minimum Gasteiger partial charge on any atom is -0.444 e. The summed E-state index contributed by atoms with van der Waals surface area (Å²) >= 11 is 0. The maximum Gasteiger partial charge on any atom is 0.410 e. The molecule has 1 N–H and O–H groups in total. The molecule has 0 radical (unpaired) electrons. The molecule has 1 saturated heterocycles. The highest BCUT2D eigenvalue weighted by Crippen LogP contribution is 2.35. The van der Waals surface area contributed by atoms with Crippen LogP contribution in [-0.2, 0) is 9.47 Å². The fourth-order valence-corrected chi connectivity index (χ4v) is 3.29. The van der Waals surface area contributed by atoms with Crippen molar-refractivity contribution in [3.63, 3.8) is 0 Å². The number of ether oxygens (including phenoxy) is 2. The van der Waals surface area contributed by atoms with Gasteiger partial charge >= 0.3 is 6.09 Å². The van der Waals surface area contributed by atoms with E-state index in [2.05, 4.69) is 19.2 Å². The van der Waals surface area contributed by atoms with Gasteiger partial charge < -0.3 is 14.8 Å². The first kappa shape index (κ1) is 18.5. The Morgan fingerprint density at radius 3 is 2.57 bits per heavy atom. The van der Waals surface area contributed by atoms with Crippen molar-refractivity contribution in [2.45, 2.75) is 78.0 Å². The van der Waals surface area contributed by atoms with Gasteiger partial charge in [-0.15, -0.1) is 0 Å². The van der Waals surface area contributed by atoms with Crippen LogP contribution in [0.15, 0.2) is 0 Å². The van der Waals surface area contributed by atoms with Crippen molar-refractivity contribution >= 4 is 6.09 Å². The van der Waals surface area contributed by atoms with E-state index in [1.165, 1.54) is 25.7 Å². The molecule has 0 bridgehead atoms. The Hall–Kier alpha value is -0.810. The predicted molar refractivity (Wildman–Crippen MR) is 91.6 cm³/mol. The van der Waals surface area contributed by atoms with Gasteiger partial charge in [-0.05, 0) is 51.9 Å². The molecular formula is C18H34N2O3. The molecule has 1 aliphatic heterocycles. The van der Waals surface area contributed by atoms with Gasteiger partial charge in [0.2, 0.25) is 0 Å². The summed E-state index contributed by atoms with van der Waals surface area (Å²) in [7, 11) is 0. The summed E-state index contributed by atoms with van der Waals surface area (Å²) in [6, 6.07) is 0.624. The first-order valence-electron chi connectivity index (χ1n) is 8.97. The zero-order valence-electron chi connectivity index (χ0n) is 15.5. The van der Waals surface area contributed by atoms with Gasteiger partial charge in [0, 0.05) is 19.1 Å². The SMILES string of the molecule is CC1(C)CCC(NCC2COCCN2C(=O)OC(C)(C)C)CC1. The smallest absolute Gasteiger partial charge is 0.410 e. The molecule has 5 heteroatoms. The zero-order chi connectivity index (χ0) is 17.1. The topological polar surface area (TPSA) is 50.8 Å². The number of carbonyl (C=O) groups excluding carboxylic acids is 1. The molecule has 0 aromatic rings.